The number of benzene rings is 1. The van der Waals surface area contributed by atoms with Crippen LogP contribution in [0.25, 0.3) is 16.7 Å². The molecule has 1 fully saturated rings. The van der Waals surface area contributed by atoms with Crippen molar-refractivity contribution >= 4 is 22.6 Å². The van der Waals surface area contributed by atoms with E-state index in [0.29, 0.717) is 37.7 Å². The van der Waals surface area contributed by atoms with E-state index >= 15 is 0 Å². The van der Waals surface area contributed by atoms with E-state index in [4.69, 9.17) is 0 Å². The van der Waals surface area contributed by atoms with Crippen molar-refractivity contribution in [1.82, 2.24) is 34.6 Å². The van der Waals surface area contributed by atoms with Crippen LogP contribution in [0.3, 0.4) is 0 Å². The fourth-order valence-electron chi connectivity index (χ4n) is 3.46. The molecular weight excluding hydrogens is 356 g/mol. The van der Waals surface area contributed by atoms with Crippen molar-refractivity contribution in [2.75, 3.05) is 31.1 Å². The van der Waals surface area contributed by atoms with Crippen LogP contribution >= 0.6 is 0 Å². The number of carbonyl (C=O) groups excluding carboxylic acids is 1. The number of hydrogen-bond donors (Lipinski definition) is 1. The minimum absolute atomic E-state index is 0.0295. The molecule has 9 nitrogen and oxygen atoms in total. The van der Waals surface area contributed by atoms with Gasteiger partial charge in [-0.15, -0.1) is 0 Å². The van der Waals surface area contributed by atoms with Crippen molar-refractivity contribution in [2.45, 2.75) is 0 Å². The maximum absolute atomic E-state index is 12.9. The maximum Gasteiger partial charge on any atom is 0.270 e. The molecule has 0 spiro atoms. The number of aromatic nitrogens is 6. The maximum atomic E-state index is 12.9. The highest BCUT2D eigenvalue weighted by molar-refractivity contribution is 5.98. The lowest BCUT2D eigenvalue weighted by Crippen LogP contribution is -2.49. The zero-order valence-electron chi connectivity index (χ0n) is 15.1. The highest BCUT2D eigenvalue weighted by Gasteiger charge is 2.24. The SMILES string of the molecule is O=C(c1cc2ccccc2[nH]1)N1CCN(c2cc(-n3cncn3)ncn2)CC1. The Morgan fingerprint density at radius 1 is 0.964 bits per heavy atom. The normalized spacial score (nSPS) is 14.6. The molecule has 140 valence electrons. The lowest BCUT2D eigenvalue weighted by molar-refractivity contribution is 0.0741. The van der Waals surface area contributed by atoms with E-state index in [0.717, 1.165) is 16.7 Å². The van der Waals surface area contributed by atoms with Crippen molar-refractivity contribution in [3.05, 3.63) is 61.1 Å². The molecule has 1 aliphatic rings. The summed E-state index contributed by atoms with van der Waals surface area (Å²) in [4.78, 5) is 32.7. The van der Waals surface area contributed by atoms with Gasteiger partial charge in [0.1, 0.15) is 30.5 Å². The Morgan fingerprint density at radius 3 is 2.57 bits per heavy atom. The van der Waals surface area contributed by atoms with Crippen LogP contribution in [-0.4, -0.2) is 66.7 Å². The number of piperazine rings is 1. The van der Waals surface area contributed by atoms with E-state index in [9.17, 15) is 4.79 Å². The molecule has 4 aromatic rings. The molecule has 4 heterocycles. The number of amides is 1. The Hall–Kier alpha value is -3.75. The predicted molar refractivity (Wildman–Crippen MR) is 103 cm³/mol. The minimum atomic E-state index is 0.0295. The van der Waals surface area contributed by atoms with Gasteiger partial charge < -0.3 is 14.8 Å². The van der Waals surface area contributed by atoms with Gasteiger partial charge in [-0.05, 0) is 12.1 Å². The van der Waals surface area contributed by atoms with Gasteiger partial charge in [-0.3, -0.25) is 4.79 Å². The number of para-hydroxylation sites is 1. The van der Waals surface area contributed by atoms with Gasteiger partial charge in [0, 0.05) is 43.1 Å². The summed E-state index contributed by atoms with van der Waals surface area (Å²) >= 11 is 0. The van der Waals surface area contributed by atoms with Gasteiger partial charge in [0.2, 0.25) is 0 Å². The van der Waals surface area contributed by atoms with Gasteiger partial charge in [-0.25, -0.2) is 19.6 Å². The van der Waals surface area contributed by atoms with Crippen LogP contribution in [0.2, 0.25) is 0 Å². The first-order valence-corrected chi connectivity index (χ1v) is 9.07. The topological polar surface area (TPSA) is 95.8 Å². The van der Waals surface area contributed by atoms with E-state index in [2.05, 4.69) is 29.9 Å². The van der Waals surface area contributed by atoms with E-state index in [1.165, 1.54) is 12.7 Å². The molecular formula is C19H18N8O. The monoisotopic (exact) mass is 374 g/mol. The zero-order valence-corrected chi connectivity index (χ0v) is 15.1. The Labute approximate surface area is 160 Å². The van der Waals surface area contributed by atoms with E-state index in [1.807, 2.05) is 41.3 Å². The number of fused-ring (bicyclic) bond motifs is 1. The third kappa shape index (κ3) is 2.96. The molecule has 0 saturated carbocycles. The molecule has 3 aromatic heterocycles. The second kappa shape index (κ2) is 6.76. The molecule has 1 amide bonds. The van der Waals surface area contributed by atoms with Crippen LogP contribution in [0.15, 0.2) is 55.4 Å². The average molecular weight is 374 g/mol. The second-order valence-corrected chi connectivity index (χ2v) is 6.62. The van der Waals surface area contributed by atoms with Crippen molar-refractivity contribution in [3.63, 3.8) is 0 Å². The molecule has 5 rings (SSSR count). The smallest absolute Gasteiger partial charge is 0.270 e. The summed E-state index contributed by atoms with van der Waals surface area (Å²) < 4.78 is 1.60. The van der Waals surface area contributed by atoms with Gasteiger partial charge in [0.15, 0.2) is 5.82 Å². The third-order valence-electron chi connectivity index (χ3n) is 4.94. The summed E-state index contributed by atoms with van der Waals surface area (Å²) in [6.45, 7) is 2.69. The zero-order chi connectivity index (χ0) is 18.9. The number of nitrogens with one attached hydrogen (secondary N) is 1. The van der Waals surface area contributed by atoms with Gasteiger partial charge in [0.05, 0.1) is 0 Å². The van der Waals surface area contributed by atoms with Crippen molar-refractivity contribution in [3.8, 4) is 5.82 Å². The van der Waals surface area contributed by atoms with Crippen molar-refractivity contribution < 1.29 is 4.79 Å². The van der Waals surface area contributed by atoms with Crippen molar-refractivity contribution in [1.29, 1.82) is 0 Å². The first-order chi connectivity index (χ1) is 13.8. The lowest BCUT2D eigenvalue weighted by atomic mass is 10.2. The summed E-state index contributed by atoms with van der Waals surface area (Å²) in [7, 11) is 0. The molecule has 1 aromatic carbocycles. The fourth-order valence-corrected chi connectivity index (χ4v) is 3.46. The average Bonchev–Trinajstić information content (AvgIpc) is 3.43. The van der Waals surface area contributed by atoms with Crippen molar-refractivity contribution in [2.24, 2.45) is 0 Å². The quantitative estimate of drug-likeness (QED) is 0.584. The summed E-state index contributed by atoms with van der Waals surface area (Å²) in [5, 5.41) is 5.15. The first kappa shape index (κ1) is 16.4. The van der Waals surface area contributed by atoms with Crippen LogP contribution in [0.5, 0.6) is 0 Å². The third-order valence-corrected chi connectivity index (χ3v) is 4.94. The predicted octanol–water partition coefficient (Wildman–Crippen LogP) is 1.50. The summed E-state index contributed by atoms with van der Waals surface area (Å²) in [6.07, 6.45) is 4.59. The number of H-pyrrole nitrogens is 1. The van der Waals surface area contributed by atoms with E-state index in [-0.39, 0.29) is 5.91 Å². The van der Waals surface area contributed by atoms with Crippen LogP contribution < -0.4 is 4.90 Å². The van der Waals surface area contributed by atoms with E-state index < -0.39 is 0 Å². The molecule has 1 N–H and O–H groups in total. The largest absolute Gasteiger partial charge is 0.353 e. The number of carbonyl (C=O) groups is 1. The molecule has 0 atom stereocenters. The summed E-state index contributed by atoms with van der Waals surface area (Å²) in [5.41, 5.74) is 1.61. The lowest BCUT2D eigenvalue weighted by Gasteiger charge is -2.35. The standard InChI is InChI=1S/C19H18N8O/c28-19(16-9-14-3-1-2-4-15(14)24-16)26-7-5-25(6-8-26)17-10-18(22-12-21-17)27-13-20-11-23-27/h1-4,9-13,24H,5-8H2. The first-order valence-electron chi connectivity index (χ1n) is 9.07. The summed E-state index contributed by atoms with van der Waals surface area (Å²) in [6, 6.07) is 11.7. The Bertz CT molecular complexity index is 1080. The molecule has 9 heteroatoms. The van der Waals surface area contributed by atoms with Gasteiger partial charge in [0.25, 0.3) is 5.91 Å². The number of anilines is 1. The van der Waals surface area contributed by atoms with Gasteiger partial charge in [-0.2, -0.15) is 5.10 Å². The number of hydrogen-bond acceptors (Lipinski definition) is 6. The molecule has 0 unspecified atom stereocenters. The molecule has 0 aliphatic carbocycles. The fraction of sp³-hybridized carbons (Fsp3) is 0.211. The van der Waals surface area contributed by atoms with Crippen LogP contribution in [0, 0.1) is 0 Å². The Balaban J connectivity index is 1.28. The molecule has 1 aliphatic heterocycles. The highest BCUT2D eigenvalue weighted by atomic mass is 16.2. The van der Waals surface area contributed by atoms with Gasteiger partial charge in [-0.1, -0.05) is 18.2 Å². The summed E-state index contributed by atoms with van der Waals surface area (Å²) in [5.74, 6) is 1.51. The van der Waals surface area contributed by atoms with Crippen LogP contribution in [0.1, 0.15) is 10.5 Å². The second-order valence-electron chi connectivity index (χ2n) is 6.62. The number of rotatable bonds is 3. The van der Waals surface area contributed by atoms with Gasteiger partial charge >= 0.3 is 0 Å². The molecule has 0 bridgehead atoms. The Kier molecular flexibility index (Phi) is 3.97. The molecule has 1 saturated heterocycles. The van der Waals surface area contributed by atoms with Crippen LogP contribution in [-0.2, 0) is 0 Å². The highest BCUT2D eigenvalue weighted by Crippen LogP contribution is 2.19. The number of nitrogens with zero attached hydrogens (tertiary/aromatic N) is 7. The molecule has 0 radical (unpaired) electrons. The number of aromatic amines is 1. The van der Waals surface area contributed by atoms with Crippen LogP contribution in [0.4, 0.5) is 5.82 Å². The van der Waals surface area contributed by atoms with E-state index in [1.54, 1.807) is 11.0 Å². The minimum Gasteiger partial charge on any atom is -0.353 e. The molecule has 28 heavy (non-hydrogen) atoms. The Morgan fingerprint density at radius 2 is 1.79 bits per heavy atom.